The highest BCUT2D eigenvalue weighted by Gasteiger charge is 2.42. The first-order valence-corrected chi connectivity index (χ1v) is 9.48. The van der Waals surface area contributed by atoms with E-state index >= 15 is 0 Å². The minimum Gasteiger partial charge on any atom is -0.453 e. The quantitative estimate of drug-likeness (QED) is 0.627. The maximum absolute atomic E-state index is 11.6. The zero-order chi connectivity index (χ0) is 18.4. The van der Waals surface area contributed by atoms with E-state index in [4.69, 9.17) is 4.74 Å². The molecule has 0 spiro atoms. The summed E-state index contributed by atoms with van der Waals surface area (Å²) >= 11 is 0. The summed E-state index contributed by atoms with van der Waals surface area (Å²) in [6, 6.07) is 11.1. The lowest BCUT2D eigenvalue weighted by Gasteiger charge is -2.32. The van der Waals surface area contributed by atoms with Crippen molar-refractivity contribution in [3.8, 4) is 0 Å². The molecular weight excluding hydrogens is 328 g/mol. The topological polar surface area (TPSA) is 66.0 Å². The number of benzene rings is 1. The Balaban J connectivity index is 1.43. The van der Waals surface area contributed by atoms with Crippen LogP contribution < -0.4 is 10.6 Å². The lowest BCUT2D eigenvalue weighted by atomic mass is 9.96. The zero-order valence-corrected chi connectivity index (χ0v) is 15.8. The Morgan fingerprint density at radius 2 is 1.96 bits per heavy atom. The number of likely N-dealkylation sites (tertiary alicyclic amines) is 1. The number of piperidine rings is 1. The number of aliphatic imine (C=N–C) groups is 1. The maximum Gasteiger partial charge on any atom is 0.409 e. The molecule has 1 amide bonds. The number of carbonyl (C=O) groups is 1. The predicted octanol–water partition coefficient (Wildman–Crippen LogP) is 2.41. The Morgan fingerprint density at radius 3 is 2.54 bits per heavy atom. The molecule has 142 valence electrons. The molecule has 1 aliphatic carbocycles. The first-order chi connectivity index (χ1) is 12.6. The van der Waals surface area contributed by atoms with E-state index in [2.05, 4.69) is 46.0 Å². The largest absolute Gasteiger partial charge is 0.453 e. The van der Waals surface area contributed by atoms with Gasteiger partial charge in [-0.3, -0.25) is 4.99 Å². The first-order valence-electron chi connectivity index (χ1n) is 9.48. The monoisotopic (exact) mass is 358 g/mol. The third-order valence-corrected chi connectivity index (χ3v) is 5.50. The highest BCUT2D eigenvalue weighted by atomic mass is 16.5. The fourth-order valence-corrected chi connectivity index (χ4v) is 3.62. The summed E-state index contributed by atoms with van der Waals surface area (Å²) in [4.78, 5) is 17.7. The molecule has 26 heavy (non-hydrogen) atoms. The van der Waals surface area contributed by atoms with Crippen molar-refractivity contribution in [2.75, 3.05) is 33.8 Å². The molecule has 2 fully saturated rings. The SMILES string of the molecule is CN=C(NCC1(Cc2ccccc2)CC1)NC1CCN(C(=O)OC)CC1. The van der Waals surface area contributed by atoms with Crippen LogP contribution in [0.4, 0.5) is 4.79 Å². The molecule has 1 aromatic carbocycles. The highest BCUT2D eigenvalue weighted by molar-refractivity contribution is 5.80. The third-order valence-electron chi connectivity index (χ3n) is 5.50. The summed E-state index contributed by atoms with van der Waals surface area (Å²) in [5, 5.41) is 7.03. The van der Waals surface area contributed by atoms with Crippen LogP contribution in [0, 0.1) is 5.41 Å². The molecule has 1 heterocycles. The Bertz CT molecular complexity index is 620. The number of amides is 1. The fraction of sp³-hybridized carbons (Fsp3) is 0.600. The van der Waals surface area contributed by atoms with Crippen LogP contribution in [0.15, 0.2) is 35.3 Å². The molecule has 1 saturated carbocycles. The second-order valence-electron chi connectivity index (χ2n) is 7.46. The standard InChI is InChI=1S/C20H30N4O2/c1-21-18(23-17-8-12-24(13-9-17)19(25)26-2)22-15-20(10-11-20)14-16-6-4-3-5-7-16/h3-7,17H,8-15H2,1-2H3,(H2,21,22,23). The molecule has 0 aromatic heterocycles. The van der Waals surface area contributed by atoms with Gasteiger partial charge in [-0.2, -0.15) is 0 Å². The third kappa shape index (κ3) is 4.90. The van der Waals surface area contributed by atoms with Gasteiger partial charge in [0.2, 0.25) is 0 Å². The number of nitrogens with zero attached hydrogens (tertiary/aromatic N) is 2. The number of methoxy groups -OCH3 is 1. The van der Waals surface area contributed by atoms with Crippen molar-refractivity contribution in [2.24, 2.45) is 10.4 Å². The van der Waals surface area contributed by atoms with E-state index in [9.17, 15) is 4.79 Å². The van der Waals surface area contributed by atoms with Crippen LogP contribution in [0.25, 0.3) is 0 Å². The van der Waals surface area contributed by atoms with Gasteiger partial charge in [-0.1, -0.05) is 30.3 Å². The maximum atomic E-state index is 11.6. The fourth-order valence-electron chi connectivity index (χ4n) is 3.62. The number of carbonyl (C=O) groups excluding carboxylic acids is 1. The van der Waals surface area contributed by atoms with E-state index in [1.54, 1.807) is 4.90 Å². The summed E-state index contributed by atoms with van der Waals surface area (Å²) in [5.74, 6) is 0.862. The Labute approximate surface area is 156 Å². The van der Waals surface area contributed by atoms with Crippen LogP contribution in [0.2, 0.25) is 0 Å². The van der Waals surface area contributed by atoms with Crippen molar-refractivity contribution < 1.29 is 9.53 Å². The van der Waals surface area contributed by atoms with Gasteiger partial charge in [0, 0.05) is 32.7 Å². The molecule has 6 heteroatoms. The number of hydrogen-bond acceptors (Lipinski definition) is 3. The van der Waals surface area contributed by atoms with Crippen molar-refractivity contribution in [1.29, 1.82) is 0 Å². The molecule has 0 unspecified atom stereocenters. The van der Waals surface area contributed by atoms with Crippen LogP contribution >= 0.6 is 0 Å². The van der Waals surface area contributed by atoms with Crippen LogP contribution in [-0.4, -0.2) is 56.8 Å². The minimum absolute atomic E-state index is 0.234. The van der Waals surface area contributed by atoms with Gasteiger partial charge in [-0.25, -0.2) is 4.79 Å². The summed E-state index contributed by atoms with van der Waals surface area (Å²) in [5.41, 5.74) is 1.78. The molecule has 0 bridgehead atoms. The van der Waals surface area contributed by atoms with E-state index < -0.39 is 0 Å². The van der Waals surface area contributed by atoms with Gasteiger partial charge in [0.25, 0.3) is 0 Å². The molecular formula is C20H30N4O2. The number of guanidine groups is 1. The van der Waals surface area contributed by atoms with E-state index in [1.165, 1.54) is 25.5 Å². The molecule has 3 rings (SSSR count). The molecule has 1 aliphatic heterocycles. The van der Waals surface area contributed by atoms with E-state index in [-0.39, 0.29) is 6.09 Å². The van der Waals surface area contributed by atoms with Crippen LogP contribution in [0.1, 0.15) is 31.2 Å². The van der Waals surface area contributed by atoms with Crippen LogP contribution in [0.5, 0.6) is 0 Å². The Hall–Kier alpha value is -2.24. The predicted molar refractivity (Wildman–Crippen MR) is 103 cm³/mol. The Morgan fingerprint density at radius 1 is 1.27 bits per heavy atom. The van der Waals surface area contributed by atoms with Crippen molar-refractivity contribution in [3.05, 3.63) is 35.9 Å². The van der Waals surface area contributed by atoms with Gasteiger partial charge in [-0.05, 0) is 43.1 Å². The van der Waals surface area contributed by atoms with Crippen molar-refractivity contribution in [2.45, 2.75) is 38.1 Å². The number of hydrogen-bond donors (Lipinski definition) is 2. The molecule has 2 N–H and O–H groups in total. The van der Waals surface area contributed by atoms with E-state index in [1.807, 2.05) is 7.05 Å². The second kappa shape index (κ2) is 8.43. The first kappa shape index (κ1) is 18.5. The number of nitrogens with one attached hydrogen (secondary N) is 2. The van der Waals surface area contributed by atoms with Gasteiger partial charge >= 0.3 is 6.09 Å². The van der Waals surface area contributed by atoms with Crippen LogP contribution in [0.3, 0.4) is 0 Å². The average Bonchev–Trinajstić information content (AvgIpc) is 3.45. The average molecular weight is 358 g/mol. The normalized spacial score (nSPS) is 19.8. The molecule has 0 atom stereocenters. The molecule has 1 aromatic rings. The number of ether oxygens (including phenoxy) is 1. The molecule has 0 radical (unpaired) electrons. The second-order valence-corrected chi connectivity index (χ2v) is 7.46. The highest BCUT2D eigenvalue weighted by Crippen LogP contribution is 2.47. The van der Waals surface area contributed by atoms with Gasteiger partial charge in [0.15, 0.2) is 5.96 Å². The lowest BCUT2D eigenvalue weighted by molar-refractivity contribution is 0.111. The van der Waals surface area contributed by atoms with Gasteiger partial charge in [-0.15, -0.1) is 0 Å². The van der Waals surface area contributed by atoms with Crippen molar-refractivity contribution >= 4 is 12.1 Å². The zero-order valence-electron chi connectivity index (χ0n) is 15.8. The van der Waals surface area contributed by atoms with Crippen molar-refractivity contribution in [1.82, 2.24) is 15.5 Å². The molecule has 2 aliphatic rings. The summed E-state index contributed by atoms with van der Waals surface area (Å²) < 4.78 is 4.79. The molecule has 6 nitrogen and oxygen atoms in total. The summed E-state index contributed by atoms with van der Waals surface area (Å²) in [7, 11) is 3.25. The smallest absolute Gasteiger partial charge is 0.409 e. The summed E-state index contributed by atoms with van der Waals surface area (Å²) in [6.07, 6.45) is 5.24. The number of rotatable bonds is 5. The minimum atomic E-state index is -0.234. The Kier molecular flexibility index (Phi) is 6.01. The van der Waals surface area contributed by atoms with Crippen LogP contribution in [-0.2, 0) is 11.2 Å². The van der Waals surface area contributed by atoms with Crippen molar-refractivity contribution in [3.63, 3.8) is 0 Å². The molecule has 1 saturated heterocycles. The van der Waals surface area contributed by atoms with E-state index in [0.717, 1.165) is 44.9 Å². The van der Waals surface area contributed by atoms with Gasteiger partial charge < -0.3 is 20.3 Å². The van der Waals surface area contributed by atoms with E-state index in [0.29, 0.717) is 11.5 Å². The van der Waals surface area contributed by atoms with Gasteiger partial charge in [0.05, 0.1) is 7.11 Å². The lowest BCUT2D eigenvalue weighted by Crippen LogP contribution is -2.50. The van der Waals surface area contributed by atoms with Gasteiger partial charge in [0.1, 0.15) is 0 Å². The summed E-state index contributed by atoms with van der Waals surface area (Å²) in [6.45, 7) is 2.39.